The first-order valence-electron chi connectivity index (χ1n) is 12.9. The number of hydrogen-bond acceptors (Lipinski definition) is 5. The third-order valence-electron chi connectivity index (χ3n) is 6.44. The molecule has 0 saturated heterocycles. The summed E-state index contributed by atoms with van der Waals surface area (Å²) in [7, 11) is 0. The molecule has 37 heavy (non-hydrogen) atoms. The average Bonchev–Trinajstić information content (AvgIpc) is 2.84. The Morgan fingerprint density at radius 3 is 2.43 bits per heavy atom. The van der Waals surface area contributed by atoms with E-state index in [0.717, 1.165) is 36.0 Å². The third kappa shape index (κ3) is 8.43. The van der Waals surface area contributed by atoms with Crippen LogP contribution in [0.2, 0.25) is 0 Å². The van der Waals surface area contributed by atoms with Crippen LogP contribution in [0.15, 0.2) is 53.6 Å². The van der Waals surface area contributed by atoms with Gasteiger partial charge in [-0.2, -0.15) is 0 Å². The molecule has 1 fully saturated rings. The van der Waals surface area contributed by atoms with Gasteiger partial charge in [-0.05, 0) is 82.9 Å². The van der Waals surface area contributed by atoms with Gasteiger partial charge in [0.25, 0.3) is 0 Å². The lowest BCUT2D eigenvalue weighted by Gasteiger charge is -2.36. The average molecular weight is 509 g/mol. The number of anilines is 1. The van der Waals surface area contributed by atoms with Crippen LogP contribution in [0.3, 0.4) is 0 Å². The molecule has 0 aliphatic heterocycles. The summed E-state index contributed by atoms with van der Waals surface area (Å²) in [6.45, 7) is 6.00. The van der Waals surface area contributed by atoms with Gasteiger partial charge >= 0.3 is 12.2 Å². The zero-order valence-electron chi connectivity index (χ0n) is 21.9. The smallest absolute Gasteiger partial charge is 0.412 e. The second-order valence-corrected chi connectivity index (χ2v) is 10.4. The predicted molar refractivity (Wildman–Crippen MR) is 143 cm³/mol. The highest BCUT2D eigenvalue weighted by atomic mass is 16.6. The first kappa shape index (κ1) is 27.9. The fourth-order valence-corrected chi connectivity index (χ4v) is 4.76. The molecule has 3 N–H and O–H groups in total. The number of amides is 2. The van der Waals surface area contributed by atoms with Gasteiger partial charge in [-0.3, -0.25) is 4.90 Å². The van der Waals surface area contributed by atoms with Crippen molar-refractivity contribution in [2.24, 2.45) is 5.11 Å². The van der Waals surface area contributed by atoms with Crippen LogP contribution in [0.4, 0.5) is 15.3 Å². The highest BCUT2D eigenvalue weighted by Gasteiger charge is 2.32. The second-order valence-electron chi connectivity index (χ2n) is 10.4. The molecule has 0 heterocycles. The molecule has 0 radical (unpaired) electrons. The van der Waals surface area contributed by atoms with Gasteiger partial charge in [0.1, 0.15) is 22.8 Å². The number of hydrogen-bond donors (Lipinski definition) is 3. The van der Waals surface area contributed by atoms with E-state index in [-0.39, 0.29) is 12.1 Å². The van der Waals surface area contributed by atoms with E-state index in [1.165, 1.54) is 4.90 Å². The van der Waals surface area contributed by atoms with E-state index in [4.69, 9.17) is 10.3 Å². The van der Waals surface area contributed by atoms with Crippen molar-refractivity contribution in [3.8, 4) is 11.1 Å². The minimum Gasteiger partial charge on any atom is -0.465 e. The first-order valence-corrected chi connectivity index (χ1v) is 12.9. The Bertz CT molecular complexity index is 1100. The standard InChI is InChI=1S/C28H37N5O4/c1-28(2,3)37-26(34)31-22-13-15-23(16-14-22)33(27(35)36)25-19-20(9-7-8-18-30-32-29)12-17-24(25)21-10-5-4-6-11-21/h4-6,10-12,17,19,22-23,29H,7-9,13-16,18H2,1-3H3,(H-,31,34,35,36)/p+1. The summed E-state index contributed by atoms with van der Waals surface area (Å²) in [5.41, 5.74) is 9.80. The Hall–Kier alpha value is -3.71. The number of aryl methyl sites for hydroxylation is 1. The van der Waals surface area contributed by atoms with Crippen LogP contribution in [0.25, 0.3) is 11.1 Å². The van der Waals surface area contributed by atoms with Crippen LogP contribution in [0.1, 0.15) is 64.9 Å². The summed E-state index contributed by atoms with van der Waals surface area (Å²) in [6.07, 6.45) is 3.70. The minimum absolute atomic E-state index is 0.0393. The van der Waals surface area contributed by atoms with Gasteiger partial charge < -0.3 is 15.2 Å². The highest BCUT2D eigenvalue weighted by Crippen LogP contribution is 2.36. The fourth-order valence-electron chi connectivity index (χ4n) is 4.76. The van der Waals surface area contributed by atoms with Crippen LogP contribution >= 0.6 is 0 Å². The van der Waals surface area contributed by atoms with Crippen molar-refractivity contribution >= 4 is 17.9 Å². The van der Waals surface area contributed by atoms with E-state index in [1.807, 2.05) is 63.2 Å². The first-order chi connectivity index (χ1) is 17.7. The predicted octanol–water partition coefficient (Wildman–Crippen LogP) is 6.55. The molecule has 0 atom stereocenters. The van der Waals surface area contributed by atoms with Crippen LogP contribution in [-0.2, 0) is 11.2 Å². The van der Waals surface area contributed by atoms with E-state index in [1.54, 1.807) is 0 Å². The molecule has 3 rings (SSSR count). The number of benzene rings is 2. The van der Waals surface area contributed by atoms with Crippen molar-refractivity contribution in [2.75, 3.05) is 11.4 Å². The van der Waals surface area contributed by atoms with Gasteiger partial charge in [-0.25, -0.2) is 9.59 Å². The summed E-state index contributed by atoms with van der Waals surface area (Å²) in [5, 5.41) is 17.0. The van der Waals surface area contributed by atoms with Gasteiger partial charge in [-0.15, -0.1) is 0 Å². The zero-order valence-corrected chi connectivity index (χ0v) is 21.9. The number of nitrogens with zero attached hydrogens (tertiary/aromatic N) is 3. The number of unbranched alkanes of at least 4 members (excludes halogenated alkanes) is 1. The van der Waals surface area contributed by atoms with Crippen molar-refractivity contribution < 1.29 is 19.4 Å². The molecule has 1 aliphatic carbocycles. The maximum Gasteiger partial charge on any atom is 0.412 e. The molecule has 1 aliphatic rings. The molecule has 0 unspecified atom stereocenters. The molecular weight excluding hydrogens is 470 g/mol. The normalized spacial score (nSPS) is 17.4. The number of ether oxygens (including phenoxy) is 1. The van der Waals surface area contributed by atoms with Crippen LogP contribution in [0, 0.1) is 5.53 Å². The summed E-state index contributed by atoms with van der Waals surface area (Å²) >= 11 is 0. The zero-order chi connectivity index (χ0) is 26.8. The number of carbonyl (C=O) groups is 2. The topological polar surface area (TPSA) is 129 Å². The maximum atomic E-state index is 12.6. The summed E-state index contributed by atoms with van der Waals surface area (Å²) in [6, 6.07) is 15.7. The third-order valence-corrected chi connectivity index (χ3v) is 6.44. The second kappa shape index (κ2) is 13.0. The van der Waals surface area contributed by atoms with Crippen molar-refractivity contribution in [1.82, 2.24) is 10.2 Å². The molecule has 0 bridgehead atoms. The quantitative estimate of drug-likeness (QED) is 0.201. The molecule has 2 amide bonds. The van der Waals surface area contributed by atoms with Gasteiger partial charge in [0.15, 0.2) is 0 Å². The Morgan fingerprint density at radius 2 is 1.81 bits per heavy atom. The van der Waals surface area contributed by atoms with Crippen LogP contribution < -0.4 is 15.1 Å². The SMILES string of the molecule is CC(C)(C)OC(=O)NC1CCC(N(C(=O)O)c2cc(CCCCN=[N+]=N)ccc2-c2ccccc2)CC1. The van der Waals surface area contributed by atoms with Crippen LogP contribution in [0.5, 0.6) is 0 Å². The summed E-state index contributed by atoms with van der Waals surface area (Å²) < 4.78 is 5.38. The molecule has 9 heteroatoms. The summed E-state index contributed by atoms with van der Waals surface area (Å²) in [5.74, 6) is 0. The Kier molecular flexibility index (Phi) is 9.80. The van der Waals surface area contributed by atoms with E-state index < -0.39 is 17.8 Å². The number of rotatable bonds is 9. The van der Waals surface area contributed by atoms with Gasteiger partial charge in [0.2, 0.25) is 4.91 Å². The number of carboxylic acid groups (broad SMARTS) is 1. The largest absolute Gasteiger partial charge is 0.465 e. The number of nitrogens with one attached hydrogen (secondary N) is 2. The lowest BCUT2D eigenvalue weighted by Crippen LogP contribution is -2.47. The molecule has 2 aromatic rings. The van der Waals surface area contributed by atoms with Gasteiger partial charge in [0, 0.05) is 17.6 Å². The monoisotopic (exact) mass is 508 g/mol. The van der Waals surface area contributed by atoms with E-state index >= 15 is 0 Å². The van der Waals surface area contributed by atoms with Crippen molar-refractivity contribution in [1.29, 1.82) is 5.53 Å². The Balaban J connectivity index is 1.80. The molecule has 0 spiro atoms. The Morgan fingerprint density at radius 1 is 1.11 bits per heavy atom. The van der Waals surface area contributed by atoms with Crippen molar-refractivity contribution in [3.05, 3.63) is 54.1 Å². The molecule has 9 nitrogen and oxygen atoms in total. The van der Waals surface area contributed by atoms with E-state index in [0.29, 0.717) is 37.9 Å². The van der Waals surface area contributed by atoms with Crippen molar-refractivity contribution in [3.63, 3.8) is 0 Å². The molecular formula is C28H38N5O4+. The lowest BCUT2D eigenvalue weighted by molar-refractivity contribution is 0.0490. The highest BCUT2D eigenvalue weighted by molar-refractivity contribution is 5.93. The minimum atomic E-state index is -0.978. The molecule has 1 saturated carbocycles. The maximum absolute atomic E-state index is 12.6. The molecule has 0 aromatic heterocycles. The fraction of sp³-hybridized carbons (Fsp3) is 0.500. The van der Waals surface area contributed by atoms with E-state index in [2.05, 4.69) is 21.4 Å². The number of carbonyl (C=O) groups excluding carboxylic acids is 1. The number of alkyl carbamates (subject to hydrolysis) is 1. The van der Waals surface area contributed by atoms with Gasteiger partial charge in [-0.1, -0.05) is 42.5 Å². The van der Waals surface area contributed by atoms with E-state index in [9.17, 15) is 14.7 Å². The lowest BCUT2D eigenvalue weighted by atomic mass is 9.89. The summed E-state index contributed by atoms with van der Waals surface area (Å²) in [4.78, 5) is 29.4. The molecule has 198 valence electrons. The van der Waals surface area contributed by atoms with Gasteiger partial charge in [0.05, 0.1) is 5.69 Å². The van der Waals surface area contributed by atoms with Crippen LogP contribution in [-0.4, -0.2) is 41.5 Å². The van der Waals surface area contributed by atoms with Crippen molar-refractivity contribution in [2.45, 2.75) is 83.4 Å². The Labute approximate surface area is 218 Å². The molecule has 2 aromatic carbocycles.